The van der Waals surface area contributed by atoms with Gasteiger partial charge >= 0.3 is 0 Å². The standard InChI is InChI=1S/C28H31F3N4O7S/c1-12-3-4-18(32-13(2)37)22(14-5-6-41-21(38)9-14)27(12)43-28-26(40)24(25(39)20(11-36)42-28)35-10-19(33-34-35)15-7-16(29)23(31)17(30)8-15/h3-4,7-8,10,14,20-21,24-26,28,36,38-40H,5-6,9,11H2,1-2H3,(H,32,37)/t14-,20+,21-,24-,25-,26+,28-/m0/s1. The molecule has 43 heavy (non-hydrogen) atoms. The number of carbonyl (C=O) groups excluding carboxylic acids is 1. The van der Waals surface area contributed by atoms with Crippen molar-refractivity contribution in [3.63, 3.8) is 0 Å². The van der Waals surface area contributed by atoms with E-state index in [1.54, 1.807) is 12.1 Å². The lowest BCUT2D eigenvalue weighted by Crippen LogP contribution is -2.55. The lowest BCUT2D eigenvalue weighted by Gasteiger charge is -2.42. The van der Waals surface area contributed by atoms with Gasteiger partial charge in [0.25, 0.3) is 0 Å². The van der Waals surface area contributed by atoms with Crippen LogP contribution in [0.25, 0.3) is 11.3 Å². The maximum Gasteiger partial charge on any atom is 0.221 e. The molecule has 5 N–H and O–H groups in total. The highest BCUT2D eigenvalue weighted by Gasteiger charge is 2.47. The average Bonchev–Trinajstić information content (AvgIpc) is 3.44. The summed E-state index contributed by atoms with van der Waals surface area (Å²) in [6, 6.07) is 3.84. The van der Waals surface area contributed by atoms with Crippen molar-refractivity contribution < 1.29 is 47.9 Å². The number of rotatable bonds is 7. The van der Waals surface area contributed by atoms with Crippen LogP contribution in [0.1, 0.15) is 42.9 Å². The highest BCUT2D eigenvalue weighted by Crippen LogP contribution is 2.46. The van der Waals surface area contributed by atoms with E-state index in [0.29, 0.717) is 23.6 Å². The van der Waals surface area contributed by atoms with E-state index in [-0.39, 0.29) is 29.5 Å². The lowest BCUT2D eigenvalue weighted by molar-refractivity contribution is -0.178. The van der Waals surface area contributed by atoms with Crippen LogP contribution in [0.15, 0.2) is 35.4 Å². The Balaban J connectivity index is 1.50. The van der Waals surface area contributed by atoms with E-state index in [9.17, 15) is 38.4 Å². The summed E-state index contributed by atoms with van der Waals surface area (Å²) < 4.78 is 53.5. The first kappa shape index (κ1) is 31.4. The van der Waals surface area contributed by atoms with E-state index in [1.807, 2.05) is 6.92 Å². The first-order chi connectivity index (χ1) is 20.5. The molecule has 2 fully saturated rings. The fourth-order valence-corrected chi connectivity index (χ4v) is 6.85. The molecule has 0 saturated carbocycles. The molecule has 2 saturated heterocycles. The van der Waals surface area contributed by atoms with Crippen molar-refractivity contribution in [2.45, 2.75) is 73.6 Å². The number of aliphatic hydroxyl groups is 4. The van der Waals surface area contributed by atoms with Crippen LogP contribution in [0.4, 0.5) is 18.9 Å². The molecule has 1 amide bonds. The van der Waals surface area contributed by atoms with Gasteiger partial charge < -0.3 is 35.2 Å². The van der Waals surface area contributed by atoms with Gasteiger partial charge in [-0.05, 0) is 48.6 Å². The predicted molar refractivity (Wildman–Crippen MR) is 147 cm³/mol. The van der Waals surface area contributed by atoms with Crippen LogP contribution in [0.2, 0.25) is 0 Å². The number of aryl methyl sites for hydroxylation is 1. The van der Waals surface area contributed by atoms with E-state index in [1.165, 1.54) is 13.1 Å². The highest BCUT2D eigenvalue weighted by atomic mass is 32.2. The van der Waals surface area contributed by atoms with Gasteiger partial charge in [-0.15, -0.1) is 5.10 Å². The smallest absolute Gasteiger partial charge is 0.221 e. The molecule has 11 nitrogen and oxygen atoms in total. The number of carbonyl (C=O) groups is 1. The zero-order valence-corrected chi connectivity index (χ0v) is 24.0. The van der Waals surface area contributed by atoms with Gasteiger partial charge in [0, 0.05) is 29.5 Å². The van der Waals surface area contributed by atoms with Crippen LogP contribution < -0.4 is 5.32 Å². The number of aliphatic hydroxyl groups excluding tert-OH is 4. The number of anilines is 1. The van der Waals surface area contributed by atoms with Crippen LogP contribution in [-0.2, 0) is 14.3 Å². The molecular weight excluding hydrogens is 593 g/mol. The van der Waals surface area contributed by atoms with Crippen molar-refractivity contribution in [3.05, 3.63) is 59.0 Å². The Morgan fingerprint density at radius 3 is 2.53 bits per heavy atom. The maximum atomic E-state index is 13.8. The fraction of sp³-hybridized carbons (Fsp3) is 0.464. The number of nitrogens with one attached hydrogen (secondary N) is 1. The number of ether oxygens (including phenoxy) is 2. The largest absolute Gasteiger partial charge is 0.394 e. The molecule has 3 aromatic rings. The molecule has 2 aliphatic rings. The molecule has 2 aliphatic heterocycles. The van der Waals surface area contributed by atoms with Crippen molar-refractivity contribution in [2.75, 3.05) is 18.5 Å². The molecule has 0 aliphatic carbocycles. The van der Waals surface area contributed by atoms with E-state index in [4.69, 9.17) is 9.47 Å². The molecule has 7 atom stereocenters. The van der Waals surface area contributed by atoms with E-state index >= 15 is 0 Å². The summed E-state index contributed by atoms with van der Waals surface area (Å²) >= 11 is 1.12. The van der Waals surface area contributed by atoms with Crippen molar-refractivity contribution in [1.29, 1.82) is 0 Å². The third-order valence-corrected chi connectivity index (χ3v) is 8.95. The predicted octanol–water partition coefficient (Wildman–Crippen LogP) is 2.61. The highest BCUT2D eigenvalue weighted by molar-refractivity contribution is 8.00. The molecule has 2 aromatic carbocycles. The number of hydrogen-bond donors (Lipinski definition) is 5. The topological polar surface area (TPSA) is 159 Å². The molecule has 3 heterocycles. The van der Waals surface area contributed by atoms with Gasteiger partial charge in [0.2, 0.25) is 5.91 Å². The van der Waals surface area contributed by atoms with Gasteiger partial charge in [0.05, 0.1) is 19.4 Å². The number of amides is 1. The van der Waals surface area contributed by atoms with Crippen LogP contribution in [-0.4, -0.2) is 84.6 Å². The molecule has 0 unspecified atom stereocenters. The molecule has 15 heteroatoms. The minimum absolute atomic E-state index is 0.0485. The Morgan fingerprint density at radius 1 is 1.16 bits per heavy atom. The first-order valence-corrected chi connectivity index (χ1v) is 14.4. The molecule has 0 bridgehead atoms. The van der Waals surface area contributed by atoms with Crippen LogP contribution in [0.3, 0.4) is 0 Å². The van der Waals surface area contributed by atoms with Gasteiger partial charge in [-0.2, -0.15) is 0 Å². The molecule has 0 radical (unpaired) electrons. The minimum atomic E-state index is -1.63. The summed E-state index contributed by atoms with van der Waals surface area (Å²) in [6.07, 6.45) is -3.01. The number of thioether (sulfide) groups is 1. The van der Waals surface area contributed by atoms with Gasteiger partial charge in [-0.25, -0.2) is 17.9 Å². The van der Waals surface area contributed by atoms with Gasteiger partial charge in [0.15, 0.2) is 23.7 Å². The van der Waals surface area contributed by atoms with E-state index in [2.05, 4.69) is 15.6 Å². The summed E-state index contributed by atoms with van der Waals surface area (Å²) in [5.74, 6) is -4.98. The molecule has 1 aromatic heterocycles. The van der Waals surface area contributed by atoms with Crippen molar-refractivity contribution in [2.24, 2.45) is 0 Å². The third-order valence-electron chi connectivity index (χ3n) is 7.55. The second-order valence-corrected chi connectivity index (χ2v) is 11.7. The zero-order valence-electron chi connectivity index (χ0n) is 23.2. The summed E-state index contributed by atoms with van der Waals surface area (Å²) in [4.78, 5) is 12.7. The van der Waals surface area contributed by atoms with Crippen LogP contribution in [0.5, 0.6) is 0 Å². The Labute approximate surface area is 248 Å². The van der Waals surface area contributed by atoms with Crippen molar-refractivity contribution in [3.8, 4) is 11.3 Å². The van der Waals surface area contributed by atoms with Crippen LogP contribution >= 0.6 is 11.8 Å². The number of benzene rings is 2. The van der Waals surface area contributed by atoms with Gasteiger partial charge in [0.1, 0.15) is 35.5 Å². The van der Waals surface area contributed by atoms with Crippen LogP contribution in [0, 0.1) is 24.4 Å². The Bertz CT molecular complexity index is 1470. The number of halogens is 3. The summed E-state index contributed by atoms with van der Waals surface area (Å²) in [5, 5.41) is 53.4. The quantitative estimate of drug-likeness (QED) is 0.248. The Morgan fingerprint density at radius 2 is 1.88 bits per heavy atom. The second-order valence-electron chi connectivity index (χ2n) is 10.6. The summed E-state index contributed by atoms with van der Waals surface area (Å²) in [6.45, 7) is 2.90. The van der Waals surface area contributed by atoms with Crippen molar-refractivity contribution in [1.82, 2.24) is 15.0 Å². The molecular formula is C28H31F3N4O7S. The van der Waals surface area contributed by atoms with E-state index in [0.717, 1.165) is 39.7 Å². The van der Waals surface area contributed by atoms with Gasteiger partial charge in [-0.3, -0.25) is 4.79 Å². The molecule has 0 spiro atoms. The minimum Gasteiger partial charge on any atom is -0.394 e. The monoisotopic (exact) mass is 624 g/mol. The Kier molecular flexibility index (Phi) is 9.41. The van der Waals surface area contributed by atoms with Crippen molar-refractivity contribution >= 4 is 23.4 Å². The molecule has 232 valence electrons. The third kappa shape index (κ3) is 6.43. The average molecular weight is 625 g/mol. The lowest BCUT2D eigenvalue weighted by atomic mass is 9.88. The number of hydrogen-bond acceptors (Lipinski definition) is 10. The summed E-state index contributed by atoms with van der Waals surface area (Å²) in [7, 11) is 0. The number of nitrogens with zero attached hydrogens (tertiary/aromatic N) is 3. The molecule has 5 rings (SSSR count). The maximum absolute atomic E-state index is 13.8. The first-order valence-electron chi connectivity index (χ1n) is 13.5. The van der Waals surface area contributed by atoms with E-state index < -0.39 is 60.1 Å². The Hall–Kier alpha value is -3.05. The van der Waals surface area contributed by atoms with Gasteiger partial charge in [-0.1, -0.05) is 23.0 Å². The normalized spacial score (nSPS) is 27.7. The number of aromatic nitrogens is 3. The zero-order chi connectivity index (χ0) is 31.0. The fourth-order valence-electron chi connectivity index (χ4n) is 5.46. The summed E-state index contributed by atoms with van der Waals surface area (Å²) in [5.41, 5.74) is 0.806. The SMILES string of the molecule is CC(=O)Nc1ccc(C)c(S[C@@H]2O[C@H](CO)[C@H](O)[C@H](n3cc(-c4cc(F)c(F)c(F)c4)nn3)[C@H]2O)c1[C@H]1CCO[C@H](O)C1. The second kappa shape index (κ2) is 12.9.